The highest BCUT2D eigenvalue weighted by atomic mass is 16.2. The molecule has 1 saturated heterocycles. The van der Waals surface area contributed by atoms with Gasteiger partial charge in [0.1, 0.15) is 0 Å². The maximum Gasteiger partial charge on any atom is 0.253 e. The van der Waals surface area contributed by atoms with Crippen molar-refractivity contribution in [2.24, 2.45) is 0 Å². The molecule has 0 saturated carbocycles. The van der Waals surface area contributed by atoms with Gasteiger partial charge in [-0.3, -0.25) is 14.5 Å². The number of nitrogens with one attached hydrogen (secondary N) is 1. The Morgan fingerprint density at radius 3 is 2.18 bits per heavy atom. The van der Waals surface area contributed by atoms with E-state index < -0.39 is 0 Å². The molecule has 2 aromatic rings. The number of aryl methyl sites for hydroxylation is 2. The van der Waals surface area contributed by atoms with Gasteiger partial charge in [-0.15, -0.1) is 0 Å². The van der Waals surface area contributed by atoms with Crippen LogP contribution in [0.1, 0.15) is 27.0 Å². The predicted octanol–water partition coefficient (Wildman–Crippen LogP) is 2.57. The second-order valence-corrected chi connectivity index (χ2v) is 7.07. The van der Waals surface area contributed by atoms with Crippen LogP contribution in [0.25, 0.3) is 0 Å². The predicted molar refractivity (Wildman–Crippen MR) is 108 cm³/mol. The minimum absolute atomic E-state index is 0.0377. The number of rotatable bonds is 4. The lowest BCUT2D eigenvalue weighted by atomic mass is 10.1. The molecule has 0 atom stereocenters. The quantitative estimate of drug-likeness (QED) is 0.890. The standard InChI is InChI=1S/C22H24N4O2/c1-16-4-3-5-17(2)21(16)24-20(27)15-25-10-12-26(13-11-25)22(28)19-8-6-18(14-23)7-9-19/h3-9H,10-13,15H2,1-2H3,(H,24,27). The van der Waals surface area contributed by atoms with Gasteiger partial charge in [0.25, 0.3) is 5.91 Å². The molecule has 0 aliphatic carbocycles. The van der Waals surface area contributed by atoms with Crippen LogP contribution < -0.4 is 5.32 Å². The van der Waals surface area contributed by atoms with Gasteiger partial charge < -0.3 is 10.2 Å². The summed E-state index contributed by atoms with van der Waals surface area (Å²) < 4.78 is 0. The van der Waals surface area contributed by atoms with E-state index in [4.69, 9.17) is 5.26 Å². The highest BCUT2D eigenvalue weighted by Crippen LogP contribution is 2.19. The molecule has 0 aromatic heterocycles. The van der Waals surface area contributed by atoms with Gasteiger partial charge in [0.2, 0.25) is 5.91 Å². The molecule has 2 amide bonds. The summed E-state index contributed by atoms with van der Waals surface area (Å²) in [7, 11) is 0. The number of carbonyl (C=O) groups excluding carboxylic acids is 2. The molecule has 0 spiro atoms. The third kappa shape index (κ3) is 4.56. The summed E-state index contributed by atoms with van der Waals surface area (Å²) in [6.07, 6.45) is 0. The van der Waals surface area contributed by atoms with Crippen LogP contribution in [-0.2, 0) is 4.79 Å². The molecule has 144 valence electrons. The van der Waals surface area contributed by atoms with Crippen LogP contribution in [0.2, 0.25) is 0 Å². The van der Waals surface area contributed by atoms with Crippen molar-refractivity contribution in [3.63, 3.8) is 0 Å². The number of piperazine rings is 1. The Balaban J connectivity index is 1.51. The van der Waals surface area contributed by atoms with Crippen molar-refractivity contribution in [2.75, 3.05) is 38.0 Å². The van der Waals surface area contributed by atoms with Crippen LogP contribution in [0.4, 0.5) is 5.69 Å². The summed E-state index contributed by atoms with van der Waals surface area (Å²) in [4.78, 5) is 28.9. The third-order valence-electron chi connectivity index (χ3n) is 5.03. The number of nitrogens with zero attached hydrogens (tertiary/aromatic N) is 3. The Kier molecular flexibility index (Phi) is 6.07. The van der Waals surface area contributed by atoms with E-state index in [2.05, 4.69) is 16.3 Å². The Morgan fingerprint density at radius 1 is 1.00 bits per heavy atom. The zero-order valence-corrected chi connectivity index (χ0v) is 16.2. The number of carbonyl (C=O) groups is 2. The zero-order chi connectivity index (χ0) is 20.1. The van der Waals surface area contributed by atoms with E-state index in [1.165, 1.54) is 0 Å². The Labute approximate surface area is 165 Å². The Bertz CT molecular complexity index is 887. The molecule has 28 heavy (non-hydrogen) atoms. The van der Waals surface area contributed by atoms with Gasteiger partial charge in [0.15, 0.2) is 0 Å². The van der Waals surface area contributed by atoms with Gasteiger partial charge in [-0.05, 0) is 49.2 Å². The van der Waals surface area contributed by atoms with Crippen molar-refractivity contribution in [3.05, 3.63) is 64.7 Å². The molecule has 3 rings (SSSR count). The first-order chi connectivity index (χ1) is 13.5. The molecule has 2 aromatic carbocycles. The lowest BCUT2D eigenvalue weighted by Crippen LogP contribution is -2.50. The van der Waals surface area contributed by atoms with Crippen LogP contribution in [-0.4, -0.2) is 54.3 Å². The Hall–Kier alpha value is -3.17. The van der Waals surface area contributed by atoms with Crippen LogP contribution >= 0.6 is 0 Å². The number of benzene rings is 2. The average molecular weight is 376 g/mol. The molecule has 6 heteroatoms. The topological polar surface area (TPSA) is 76.4 Å². The maximum absolute atomic E-state index is 12.6. The fraction of sp³-hybridized carbons (Fsp3) is 0.318. The van der Waals surface area contributed by atoms with Crippen molar-refractivity contribution in [1.82, 2.24) is 9.80 Å². The third-order valence-corrected chi connectivity index (χ3v) is 5.03. The van der Waals surface area contributed by atoms with Crippen LogP contribution in [0.3, 0.4) is 0 Å². The summed E-state index contributed by atoms with van der Waals surface area (Å²) >= 11 is 0. The Morgan fingerprint density at radius 2 is 1.61 bits per heavy atom. The normalized spacial score (nSPS) is 14.4. The van der Waals surface area contributed by atoms with Crippen LogP contribution in [0, 0.1) is 25.2 Å². The minimum Gasteiger partial charge on any atom is -0.336 e. The SMILES string of the molecule is Cc1cccc(C)c1NC(=O)CN1CCN(C(=O)c2ccc(C#N)cc2)CC1. The molecule has 1 aliphatic rings. The van der Waals surface area contributed by atoms with Gasteiger partial charge in [0, 0.05) is 37.4 Å². The van der Waals surface area contributed by atoms with Crippen molar-refractivity contribution < 1.29 is 9.59 Å². The molecule has 1 heterocycles. The molecule has 0 radical (unpaired) electrons. The van der Waals surface area contributed by atoms with Crippen LogP contribution in [0.5, 0.6) is 0 Å². The van der Waals surface area contributed by atoms with Crippen LogP contribution in [0.15, 0.2) is 42.5 Å². The van der Waals surface area contributed by atoms with E-state index in [0.29, 0.717) is 43.9 Å². The number of hydrogen-bond donors (Lipinski definition) is 1. The van der Waals surface area contributed by atoms with Crippen molar-refractivity contribution in [2.45, 2.75) is 13.8 Å². The summed E-state index contributed by atoms with van der Waals surface area (Å²) in [5, 5.41) is 11.9. The van der Waals surface area contributed by atoms with E-state index in [1.54, 1.807) is 29.2 Å². The van der Waals surface area contributed by atoms with E-state index in [9.17, 15) is 9.59 Å². The van der Waals surface area contributed by atoms with Gasteiger partial charge >= 0.3 is 0 Å². The molecule has 1 aliphatic heterocycles. The van der Waals surface area contributed by atoms with Gasteiger partial charge in [-0.1, -0.05) is 18.2 Å². The van der Waals surface area contributed by atoms with Gasteiger partial charge in [0.05, 0.1) is 18.2 Å². The number of nitriles is 1. The summed E-state index contributed by atoms with van der Waals surface area (Å²) in [6, 6.07) is 14.7. The van der Waals surface area contributed by atoms with Crippen molar-refractivity contribution in [1.29, 1.82) is 5.26 Å². The number of amides is 2. The second-order valence-electron chi connectivity index (χ2n) is 7.07. The molecule has 0 bridgehead atoms. The number of hydrogen-bond acceptors (Lipinski definition) is 4. The monoisotopic (exact) mass is 376 g/mol. The first-order valence-corrected chi connectivity index (χ1v) is 9.36. The van der Waals surface area contributed by atoms with Gasteiger partial charge in [-0.25, -0.2) is 0 Å². The minimum atomic E-state index is -0.0378. The zero-order valence-electron chi connectivity index (χ0n) is 16.2. The molecular weight excluding hydrogens is 352 g/mol. The second kappa shape index (κ2) is 8.68. The molecular formula is C22H24N4O2. The van der Waals surface area contributed by atoms with E-state index >= 15 is 0 Å². The number of para-hydroxylation sites is 1. The summed E-state index contributed by atoms with van der Waals surface area (Å²) in [5.74, 6) is -0.0756. The first-order valence-electron chi connectivity index (χ1n) is 9.36. The molecule has 1 fully saturated rings. The maximum atomic E-state index is 12.6. The first kappa shape index (κ1) is 19.6. The van der Waals surface area contributed by atoms with E-state index in [0.717, 1.165) is 16.8 Å². The van der Waals surface area contributed by atoms with Crippen molar-refractivity contribution >= 4 is 17.5 Å². The highest BCUT2D eigenvalue weighted by Gasteiger charge is 2.23. The largest absolute Gasteiger partial charge is 0.336 e. The average Bonchev–Trinajstić information content (AvgIpc) is 2.71. The fourth-order valence-corrected chi connectivity index (χ4v) is 3.37. The molecule has 1 N–H and O–H groups in total. The summed E-state index contributed by atoms with van der Waals surface area (Å²) in [5.41, 5.74) is 4.09. The molecule has 0 unspecified atom stereocenters. The highest BCUT2D eigenvalue weighted by molar-refractivity contribution is 5.95. The van der Waals surface area contributed by atoms with E-state index in [-0.39, 0.29) is 11.8 Å². The smallest absolute Gasteiger partial charge is 0.253 e. The van der Waals surface area contributed by atoms with E-state index in [1.807, 2.05) is 32.0 Å². The number of anilines is 1. The molecule has 6 nitrogen and oxygen atoms in total. The van der Waals surface area contributed by atoms with Crippen molar-refractivity contribution in [3.8, 4) is 6.07 Å². The lowest BCUT2D eigenvalue weighted by molar-refractivity contribution is -0.117. The van der Waals surface area contributed by atoms with Gasteiger partial charge in [-0.2, -0.15) is 5.26 Å². The fourth-order valence-electron chi connectivity index (χ4n) is 3.37. The lowest BCUT2D eigenvalue weighted by Gasteiger charge is -2.34. The summed E-state index contributed by atoms with van der Waals surface area (Å²) in [6.45, 7) is 6.74.